The summed E-state index contributed by atoms with van der Waals surface area (Å²) in [5.74, 6) is -1.82. The quantitative estimate of drug-likeness (QED) is 0.190. The van der Waals surface area contributed by atoms with Crippen molar-refractivity contribution in [1.82, 2.24) is 14.5 Å². The fraction of sp³-hybridized carbons (Fsp3) is 0.346. The highest BCUT2D eigenvalue weighted by Crippen LogP contribution is 2.28. The van der Waals surface area contributed by atoms with Crippen LogP contribution in [0.3, 0.4) is 0 Å². The fourth-order valence-corrected chi connectivity index (χ4v) is 4.28. The van der Waals surface area contributed by atoms with Gasteiger partial charge in [-0.25, -0.2) is 8.78 Å². The second-order valence-electron chi connectivity index (χ2n) is 8.57. The summed E-state index contributed by atoms with van der Waals surface area (Å²) in [5, 5.41) is 4.04. The van der Waals surface area contributed by atoms with Crippen molar-refractivity contribution in [2.24, 2.45) is 5.16 Å². The summed E-state index contributed by atoms with van der Waals surface area (Å²) < 4.78 is 53.7. The Balaban J connectivity index is 0.00000253. The molecule has 3 heterocycles. The van der Waals surface area contributed by atoms with Gasteiger partial charge in [0, 0.05) is 30.6 Å². The van der Waals surface area contributed by atoms with E-state index in [4.69, 9.17) is 4.84 Å². The molecule has 6 nitrogen and oxygen atoms in total. The van der Waals surface area contributed by atoms with E-state index in [1.807, 2.05) is 6.07 Å². The van der Waals surface area contributed by atoms with Crippen molar-refractivity contribution in [2.45, 2.75) is 38.8 Å². The van der Waals surface area contributed by atoms with Gasteiger partial charge in [0.05, 0.1) is 5.69 Å². The first-order valence-corrected chi connectivity index (χ1v) is 11.7. The van der Waals surface area contributed by atoms with Gasteiger partial charge in [0.15, 0.2) is 11.6 Å². The molecular weight excluding hydrogens is 547 g/mol. The van der Waals surface area contributed by atoms with Gasteiger partial charge in [-0.2, -0.15) is 8.78 Å². The average Bonchev–Trinajstić information content (AvgIpc) is 2.88. The summed E-state index contributed by atoms with van der Waals surface area (Å²) >= 11 is 0. The summed E-state index contributed by atoms with van der Waals surface area (Å²) in [6.07, 6.45) is 4.55. The highest BCUT2D eigenvalue weighted by molar-refractivity contribution is 6.11. The van der Waals surface area contributed by atoms with Crippen LogP contribution in [0.2, 0.25) is 0 Å². The lowest BCUT2D eigenvalue weighted by molar-refractivity contribution is 0.0658. The van der Waals surface area contributed by atoms with Crippen molar-refractivity contribution in [2.75, 3.05) is 19.7 Å². The third-order valence-electron chi connectivity index (χ3n) is 6.18. The second-order valence-corrected chi connectivity index (χ2v) is 8.57. The zero-order valence-electron chi connectivity index (χ0n) is 20.5. The summed E-state index contributed by atoms with van der Waals surface area (Å²) in [5.41, 5.74) is 2.12. The summed E-state index contributed by atoms with van der Waals surface area (Å²) in [6.45, 7) is 1.42. The topological polar surface area (TPSA) is 59.7 Å². The van der Waals surface area contributed by atoms with E-state index in [1.165, 1.54) is 18.3 Å². The van der Waals surface area contributed by atoms with Gasteiger partial charge in [0.1, 0.15) is 12.3 Å². The van der Waals surface area contributed by atoms with E-state index in [9.17, 15) is 22.4 Å². The molecule has 3 aromatic rings. The molecule has 0 atom stereocenters. The van der Waals surface area contributed by atoms with Crippen LogP contribution in [0.15, 0.2) is 64.8 Å². The van der Waals surface area contributed by atoms with Crippen LogP contribution in [-0.2, 0) is 11.4 Å². The van der Waals surface area contributed by atoms with Crippen molar-refractivity contribution >= 4 is 30.5 Å². The molecule has 0 N–H and O–H groups in total. The lowest BCUT2D eigenvalue weighted by atomic mass is 9.90. The zero-order valence-corrected chi connectivity index (χ0v) is 22.2. The van der Waals surface area contributed by atoms with Crippen molar-refractivity contribution < 1.29 is 22.4 Å². The number of piperidine rings is 1. The van der Waals surface area contributed by atoms with E-state index in [-0.39, 0.29) is 30.7 Å². The predicted octanol–water partition coefficient (Wildman–Crippen LogP) is 5.93. The Bertz CT molecular complexity index is 1280. The van der Waals surface area contributed by atoms with Gasteiger partial charge in [-0.05, 0) is 74.2 Å². The number of hydrogen-bond donors (Lipinski definition) is 0. The van der Waals surface area contributed by atoms with Crippen LogP contribution < -0.4 is 5.56 Å². The Labute approximate surface area is 230 Å². The van der Waals surface area contributed by atoms with Crippen LogP contribution in [0.4, 0.5) is 17.6 Å². The Morgan fingerprint density at radius 1 is 1.08 bits per heavy atom. The Morgan fingerprint density at radius 2 is 1.82 bits per heavy atom. The number of halogens is 6. The maximum absolute atomic E-state index is 13.8. The lowest BCUT2D eigenvalue weighted by Crippen LogP contribution is -2.33. The average molecular weight is 575 g/mol. The normalized spacial score (nSPS) is 14.6. The molecule has 4 rings (SSSR count). The first-order chi connectivity index (χ1) is 17.4. The molecule has 1 aliphatic heterocycles. The van der Waals surface area contributed by atoms with Crippen molar-refractivity contribution in [3.05, 3.63) is 99.2 Å². The molecule has 206 valence electrons. The van der Waals surface area contributed by atoms with E-state index < -0.39 is 23.7 Å². The third kappa shape index (κ3) is 7.55. The van der Waals surface area contributed by atoms with Gasteiger partial charge in [-0.1, -0.05) is 17.3 Å². The minimum absolute atomic E-state index is 0. The number of nitrogens with zero attached hydrogens (tertiary/aromatic N) is 4. The predicted molar refractivity (Wildman–Crippen MR) is 142 cm³/mol. The van der Waals surface area contributed by atoms with Crippen LogP contribution in [0.5, 0.6) is 0 Å². The molecule has 0 unspecified atom stereocenters. The van der Waals surface area contributed by atoms with Gasteiger partial charge in [-0.15, -0.1) is 24.8 Å². The van der Waals surface area contributed by atoms with Gasteiger partial charge < -0.3 is 4.84 Å². The van der Waals surface area contributed by atoms with E-state index in [0.29, 0.717) is 34.7 Å². The molecule has 38 heavy (non-hydrogen) atoms. The van der Waals surface area contributed by atoms with Crippen LogP contribution in [-0.4, -0.2) is 39.9 Å². The standard InChI is InChI=1S/C26H26F4N4O2.2ClH/c1-2-36-32-25(19-4-6-21(27)22(28)13-19)23-7-3-17(14-31-23)15-33-11-9-18(10-12-33)20-5-8-24(35)34(16-20)26(29)30;;/h3-8,13-14,16,18,26H,2,9-12,15H2,1H3;2*1H. The maximum Gasteiger partial charge on any atom is 0.321 e. The number of rotatable bonds is 8. The summed E-state index contributed by atoms with van der Waals surface area (Å²) in [4.78, 5) is 23.5. The largest absolute Gasteiger partial charge is 0.396 e. The monoisotopic (exact) mass is 574 g/mol. The molecule has 1 saturated heterocycles. The fourth-order valence-electron chi connectivity index (χ4n) is 4.28. The number of benzene rings is 1. The zero-order chi connectivity index (χ0) is 25.7. The minimum Gasteiger partial charge on any atom is -0.396 e. The van der Waals surface area contributed by atoms with E-state index >= 15 is 0 Å². The van der Waals surface area contributed by atoms with Crippen LogP contribution in [0.25, 0.3) is 0 Å². The molecule has 1 aliphatic rings. The Morgan fingerprint density at radius 3 is 2.42 bits per heavy atom. The molecular formula is C26H28Cl2F4N4O2. The van der Waals surface area contributed by atoms with Crippen molar-refractivity contribution in [3.8, 4) is 0 Å². The number of hydrogen-bond acceptors (Lipinski definition) is 5. The number of alkyl halides is 2. The molecule has 1 aromatic carbocycles. The molecule has 0 amide bonds. The highest BCUT2D eigenvalue weighted by atomic mass is 35.5. The van der Waals surface area contributed by atoms with Crippen molar-refractivity contribution in [1.29, 1.82) is 0 Å². The number of pyridine rings is 2. The van der Waals surface area contributed by atoms with Gasteiger partial charge in [0.25, 0.3) is 5.56 Å². The van der Waals surface area contributed by atoms with E-state index in [1.54, 1.807) is 25.3 Å². The summed E-state index contributed by atoms with van der Waals surface area (Å²) in [7, 11) is 0. The smallest absolute Gasteiger partial charge is 0.321 e. The maximum atomic E-state index is 13.8. The molecule has 1 fully saturated rings. The molecule has 0 aliphatic carbocycles. The van der Waals surface area contributed by atoms with Crippen LogP contribution in [0.1, 0.15) is 54.6 Å². The SMILES string of the molecule is CCON=C(c1ccc(F)c(F)c1)c1ccc(CN2CCC(c3ccc(=O)n(C(F)F)c3)CC2)cn1.Cl.Cl. The molecule has 12 heteroatoms. The van der Waals surface area contributed by atoms with Gasteiger partial charge in [0.2, 0.25) is 0 Å². The van der Waals surface area contributed by atoms with E-state index in [0.717, 1.165) is 49.2 Å². The second kappa shape index (κ2) is 14.3. The Hall–Kier alpha value is -2.95. The Kier molecular flexibility index (Phi) is 11.7. The molecule has 0 bridgehead atoms. The lowest BCUT2D eigenvalue weighted by Gasteiger charge is -2.32. The van der Waals surface area contributed by atoms with Crippen LogP contribution >= 0.6 is 24.8 Å². The van der Waals surface area contributed by atoms with Crippen molar-refractivity contribution in [3.63, 3.8) is 0 Å². The number of aromatic nitrogens is 2. The minimum atomic E-state index is -2.85. The highest BCUT2D eigenvalue weighted by Gasteiger charge is 2.22. The molecule has 0 radical (unpaired) electrons. The first kappa shape index (κ1) is 31.3. The molecule has 0 spiro atoms. The van der Waals surface area contributed by atoms with Gasteiger partial charge >= 0.3 is 6.55 Å². The summed E-state index contributed by atoms with van der Waals surface area (Å²) in [6, 6.07) is 10.0. The molecule has 2 aromatic heterocycles. The number of oxime groups is 1. The van der Waals surface area contributed by atoms with Gasteiger partial charge in [-0.3, -0.25) is 19.2 Å². The van der Waals surface area contributed by atoms with E-state index in [2.05, 4.69) is 15.0 Å². The molecule has 0 saturated carbocycles. The third-order valence-corrected chi connectivity index (χ3v) is 6.18. The van der Waals surface area contributed by atoms with Crippen LogP contribution in [0, 0.1) is 11.6 Å². The number of likely N-dealkylation sites (tertiary alicyclic amines) is 1. The first-order valence-electron chi connectivity index (χ1n) is 11.7.